The molecule has 7 nitrogen and oxygen atoms in total. The fourth-order valence-corrected chi connectivity index (χ4v) is 5.16. The van der Waals surface area contributed by atoms with E-state index in [1.54, 1.807) is 4.31 Å². The Morgan fingerprint density at radius 3 is 2.30 bits per heavy atom. The average molecular weight is 337 g/mol. The summed E-state index contributed by atoms with van der Waals surface area (Å²) >= 11 is 0. The van der Waals surface area contributed by atoms with E-state index in [4.69, 9.17) is 0 Å². The van der Waals surface area contributed by atoms with Crippen LogP contribution < -0.4 is 9.80 Å². The number of anilines is 2. The Morgan fingerprint density at radius 2 is 1.65 bits per heavy atom. The van der Waals surface area contributed by atoms with Crippen LogP contribution in [0.1, 0.15) is 25.7 Å². The summed E-state index contributed by atoms with van der Waals surface area (Å²) in [7, 11) is -3.05. The Labute approximate surface area is 137 Å². The van der Waals surface area contributed by atoms with Gasteiger partial charge in [0.15, 0.2) is 0 Å². The van der Waals surface area contributed by atoms with Crippen LogP contribution in [0, 0.1) is 0 Å². The topological polar surface area (TPSA) is 69.6 Å². The highest BCUT2D eigenvalue weighted by molar-refractivity contribution is 7.90. The van der Waals surface area contributed by atoms with Crippen LogP contribution in [-0.2, 0) is 10.0 Å². The molecule has 4 rings (SSSR count). The molecular formula is C15H23N5O2S. The number of hydrogen-bond donors (Lipinski definition) is 0. The van der Waals surface area contributed by atoms with Crippen molar-refractivity contribution in [2.24, 2.45) is 0 Å². The molecule has 0 aromatic carbocycles. The van der Waals surface area contributed by atoms with Crippen molar-refractivity contribution in [3.05, 3.63) is 12.3 Å². The van der Waals surface area contributed by atoms with E-state index in [1.807, 2.05) is 12.3 Å². The van der Waals surface area contributed by atoms with Crippen LogP contribution in [0.15, 0.2) is 12.3 Å². The van der Waals surface area contributed by atoms with Crippen molar-refractivity contribution < 1.29 is 8.42 Å². The summed E-state index contributed by atoms with van der Waals surface area (Å²) in [4.78, 5) is 13.5. The van der Waals surface area contributed by atoms with E-state index >= 15 is 0 Å². The normalized spacial score (nSPS) is 23.5. The maximum Gasteiger partial charge on any atom is 0.227 e. The molecule has 0 spiro atoms. The van der Waals surface area contributed by atoms with Crippen molar-refractivity contribution in [3.8, 4) is 0 Å². The quantitative estimate of drug-likeness (QED) is 0.805. The first-order valence-corrected chi connectivity index (χ1v) is 9.97. The highest BCUT2D eigenvalue weighted by atomic mass is 32.2. The lowest BCUT2D eigenvalue weighted by Crippen LogP contribution is -2.49. The molecule has 0 N–H and O–H groups in total. The molecule has 23 heavy (non-hydrogen) atoms. The van der Waals surface area contributed by atoms with Crippen LogP contribution in [0.3, 0.4) is 0 Å². The van der Waals surface area contributed by atoms with Crippen molar-refractivity contribution in [2.45, 2.75) is 30.9 Å². The summed E-state index contributed by atoms with van der Waals surface area (Å²) in [6, 6.07) is 1.92. The zero-order valence-electron chi connectivity index (χ0n) is 13.3. The highest BCUT2D eigenvalue weighted by Gasteiger charge is 2.41. The van der Waals surface area contributed by atoms with E-state index in [9.17, 15) is 8.42 Å². The Hall–Kier alpha value is -1.41. The van der Waals surface area contributed by atoms with Gasteiger partial charge in [0.2, 0.25) is 16.0 Å². The van der Waals surface area contributed by atoms with Crippen LogP contribution in [0.5, 0.6) is 0 Å². The molecule has 3 heterocycles. The largest absolute Gasteiger partial charge is 0.354 e. The zero-order valence-corrected chi connectivity index (χ0v) is 14.1. The molecule has 3 fully saturated rings. The monoisotopic (exact) mass is 337 g/mol. The maximum absolute atomic E-state index is 12.3. The Kier molecular flexibility index (Phi) is 3.88. The summed E-state index contributed by atoms with van der Waals surface area (Å²) in [5, 5.41) is -0.116. The van der Waals surface area contributed by atoms with Gasteiger partial charge in [-0.15, -0.1) is 0 Å². The number of nitrogens with zero attached hydrogens (tertiary/aromatic N) is 5. The third-order valence-corrected chi connectivity index (χ3v) is 7.28. The SMILES string of the molecule is O=S(=O)(C1CC1)N1CCN(c2ccnc(N3CCCC3)n2)CC1. The minimum Gasteiger partial charge on any atom is -0.354 e. The first-order chi connectivity index (χ1) is 11.1. The van der Waals surface area contributed by atoms with Crippen LogP contribution >= 0.6 is 0 Å². The van der Waals surface area contributed by atoms with Gasteiger partial charge in [0.1, 0.15) is 5.82 Å². The lowest BCUT2D eigenvalue weighted by Gasteiger charge is -2.35. The lowest BCUT2D eigenvalue weighted by atomic mass is 10.3. The second kappa shape index (κ2) is 5.90. The van der Waals surface area contributed by atoms with E-state index in [0.29, 0.717) is 26.2 Å². The minimum absolute atomic E-state index is 0.116. The van der Waals surface area contributed by atoms with Crippen molar-refractivity contribution in [2.75, 3.05) is 49.1 Å². The number of rotatable bonds is 4. The predicted octanol–water partition coefficient (Wildman–Crippen LogP) is 0.691. The van der Waals surface area contributed by atoms with Crippen molar-refractivity contribution in [1.29, 1.82) is 0 Å². The average Bonchev–Trinajstić information content (AvgIpc) is 3.31. The van der Waals surface area contributed by atoms with Gasteiger partial charge in [-0.3, -0.25) is 0 Å². The standard InChI is InChI=1S/C15H23N5O2S/c21-23(22,13-3-4-13)20-11-9-18(10-12-20)14-5-6-16-15(17-14)19-7-1-2-8-19/h5-6,13H,1-4,7-12H2. The molecular weight excluding hydrogens is 314 g/mol. The van der Waals surface area contributed by atoms with Gasteiger partial charge in [0, 0.05) is 45.5 Å². The summed E-state index contributed by atoms with van der Waals surface area (Å²) in [5.74, 6) is 1.71. The minimum atomic E-state index is -3.05. The summed E-state index contributed by atoms with van der Waals surface area (Å²) < 4.78 is 26.2. The fraction of sp³-hybridized carbons (Fsp3) is 0.733. The summed E-state index contributed by atoms with van der Waals surface area (Å²) in [5.41, 5.74) is 0. The van der Waals surface area contributed by atoms with E-state index in [2.05, 4.69) is 19.8 Å². The van der Waals surface area contributed by atoms with Crippen LogP contribution in [0.4, 0.5) is 11.8 Å². The van der Waals surface area contributed by atoms with E-state index in [0.717, 1.165) is 37.7 Å². The first-order valence-electron chi connectivity index (χ1n) is 8.46. The molecule has 2 saturated heterocycles. The smallest absolute Gasteiger partial charge is 0.227 e. The van der Waals surface area contributed by atoms with Crippen LogP contribution in [-0.4, -0.2) is 67.2 Å². The Morgan fingerprint density at radius 1 is 0.957 bits per heavy atom. The number of hydrogen-bond acceptors (Lipinski definition) is 6. The van der Waals surface area contributed by atoms with Crippen molar-refractivity contribution >= 4 is 21.8 Å². The Bertz CT molecular complexity index is 662. The lowest BCUT2D eigenvalue weighted by molar-refractivity contribution is 0.383. The van der Waals surface area contributed by atoms with Gasteiger partial charge in [-0.05, 0) is 31.7 Å². The van der Waals surface area contributed by atoms with E-state index in [1.165, 1.54) is 12.8 Å². The maximum atomic E-state index is 12.3. The molecule has 0 radical (unpaired) electrons. The van der Waals surface area contributed by atoms with Gasteiger partial charge in [0.25, 0.3) is 0 Å². The van der Waals surface area contributed by atoms with E-state index in [-0.39, 0.29) is 5.25 Å². The van der Waals surface area contributed by atoms with Crippen molar-refractivity contribution in [3.63, 3.8) is 0 Å². The molecule has 1 aromatic rings. The highest BCUT2D eigenvalue weighted by Crippen LogP contribution is 2.31. The van der Waals surface area contributed by atoms with Crippen LogP contribution in [0.25, 0.3) is 0 Å². The Balaban J connectivity index is 1.43. The molecule has 126 valence electrons. The molecule has 3 aliphatic rings. The second-order valence-electron chi connectivity index (χ2n) is 6.54. The summed E-state index contributed by atoms with van der Waals surface area (Å²) in [6.45, 7) is 4.56. The number of piperazine rings is 1. The molecule has 1 aromatic heterocycles. The second-order valence-corrected chi connectivity index (χ2v) is 8.75. The molecule has 1 aliphatic carbocycles. The first kappa shape index (κ1) is 15.1. The molecule has 0 unspecified atom stereocenters. The van der Waals surface area contributed by atoms with Gasteiger partial charge in [0.05, 0.1) is 5.25 Å². The number of sulfonamides is 1. The fourth-order valence-electron chi connectivity index (χ4n) is 3.33. The van der Waals surface area contributed by atoms with E-state index < -0.39 is 10.0 Å². The van der Waals surface area contributed by atoms with Crippen molar-refractivity contribution in [1.82, 2.24) is 14.3 Å². The van der Waals surface area contributed by atoms with Gasteiger partial charge >= 0.3 is 0 Å². The summed E-state index contributed by atoms with van der Waals surface area (Å²) in [6.07, 6.45) is 5.86. The third-order valence-electron chi connectivity index (χ3n) is 4.89. The number of aromatic nitrogens is 2. The molecule has 0 bridgehead atoms. The third kappa shape index (κ3) is 3.01. The van der Waals surface area contributed by atoms with Crippen LogP contribution in [0.2, 0.25) is 0 Å². The molecule has 2 aliphatic heterocycles. The van der Waals surface area contributed by atoms with Gasteiger partial charge in [-0.2, -0.15) is 9.29 Å². The molecule has 8 heteroatoms. The zero-order chi connectivity index (χ0) is 15.9. The van der Waals surface area contributed by atoms with Gasteiger partial charge < -0.3 is 9.80 Å². The molecule has 1 saturated carbocycles. The van der Waals surface area contributed by atoms with Gasteiger partial charge in [-0.1, -0.05) is 0 Å². The molecule has 0 amide bonds. The molecule has 0 atom stereocenters. The van der Waals surface area contributed by atoms with Gasteiger partial charge in [-0.25, -0.2) is 13.4 Å². The predicted molar refractivity (Wildman–Crippen MR) is 89.2 cm³/mol.